The van der Waals surface area contributed by atoms with E-state index in [4.69, 9.17) is 17.3 Å². The Balaban J connectivity index is 0.00000441. The van der Waals surface area contributed by atoms with Crippen molar-refractivity contribution in [2.24, 2.45) is 5.73 Å². The van der Waals surface area contributed by atoms with Gasteiger partial charge in [0, 0.05) is 5.02 Å². The van der Waals surface area contributed by atoms with Crippen LogP contribution in [0.1, 0.15) is 24.1 Å². The predicted octanol–water partition coefficient (Wildman–Crippen LogP) is 3.98. The molecule has 1 aromatic rings. The molecule has 0 amide bonds. The fourth-order valence-corrected chi connectivity index (χ4v) is 1.77. The second-order valence-corrected chi connectivity index (χ2v) is 4.49. The first-order valence-electron chi connectivity index (χ1n) is 5.69. The first kappa shape index (κ1) is 20.9. The van der Waals surface area contributed by atoms with E-state index in [0.29, 0.717) is 12.1 Å². The fourth-order valence-electron chi connectivity index (χ4n) is 1.59. The van der Waals surface area contributed by atoms with Crippen LogP contribution in [0.15, 0.2) is 18.2 Å². The minimum atomic E-state index is -4.94. The SMILES string of the molecule is CCOC(=O)C(F)(F)[C@H](N)c1ccc(Cl)cc1C(F)(F)F.Cl. The normalized spacial score (nSPS) is 13.3. The summed E-state index contributed by atoms with van der Waals surface area (Å²) in [5.41, 5.74) is 2.79. The summed E-state index contributed by atoms with van der Waals surface area (Å²) in [6, 6.07) is -0.348. The van der Waals surface area contributed by atoms with Gasteiger partial charge in [-0.1, -0.05) is 17.7 Å². The summed E-state index contributed by atoms with van der Waals surface area (Å²) >= 11 is 5.43. The van der Waals surface area contributed by atoms with Gasteiger partial charge in [-0.25, -0.2) is 4.79 Å². The van der Waals surface area contributed by atoms with Gasteiger partial charge in [0.05, 0.1) is 12.2 Å². The van der Waals surface area contributed by atoms with Crippen molar-refractivity contribution >= 4 is 30.0 Å². The molecule has 0 aliphatic heterocycles. The zero-order valence-corrected chi connectivity index (χ0v) is 12.7. The van der Waals surface area contributed by atoms with E-state index in [9.17, 15) is 26.7 Å². The summed E-state index contributed by atoms with van der Waals surface area (Å²) < 4.78 is 70.2. The molecule has 0 bridgehead atoms. The Morgan fingerprint density at radius 1 is 1.32 bits per heavy atom. The van der Waals surface area contributed by atoms with Gasteiger partial charge in [0.25, 0.3) is 0 Å². The van der Waals surface area contributed by atoms with Crippen molar-refractivity contribution in [1.29, 1.82) is 0 Å². The van der Waals surface area contributed by atoms with Crippen molar-refractivity contribution in [2.45, 2.75) is 25.1 Å². The fraction of sp³-hybridized carbons (Fsp3) is 0.417. The monoisotopic (exact) mass is 367 g/mol. The number of rotatable bonds is 4. The average Bonchev–Trinajstić information content (AvgIpc) is 2.37. The largest absolute Gasteiger partial charge is 0.462 e. The standard InChI is InChI=1S/C12H11ClF5NO2.ClH/c1-2-21-10(20)11(14,15)9(19)7-4-3-6(13)5-8(7)12(16,17)18;/h3-5,9H,2,19H2,1H3;1H/t9-;/m1./s1. The number of esters is 1. The predicted molar refractivity (Wildman–Crippen MR) is 72.2 cm³/mol. The lowest BCUT2D eigenvalue weighted by molar-refractivity contribution is -0.175. The number of alkyl halides is 5. The third-order valence-corrected chi connectivity index (χ3v) is 2.83. The average molecular weight is 368 g/mol. The van der Waals surface area contributed by atoms with E-state index in [1.165, 1.54) is 6.92 Å². The summed E-state index contributed by atoms with van der Waals surface area (Å²) in [5, 5.41) is -0.294. The molecule has 126 valence electrons. The first-order valence-corrected chi connectivity index (χ1v) is 6.06. The minimum Gasteiger partial charge on any atom is -0.462 e. The van der Waals surface area contributed by atoms with Gasteiger partial charge < -0.3 is 10.5 Å². The number of nitrogens with two attached hydrogens (primary N) is 1. The Bertz CT molecular complexity index is 537. The number of carbonyl (C=O) groups excluding carboxylic acids is 1. The third kappa shape index (κ3) is 4.44. The lowest BCUT2D eigenvalue weighted by Gasteiger charge is -2.24. The van der Waals surface area contributed by atoms with Gasteiger partial charge in [-0.15, -0.1) is 12.4 Å². The first-order chi connectivity index (χ1) is 9.51. The molecule has 1 rings (SSSR count). The molecule has 0 spiro atoms. The summed E-state index contributed by atoms with van der Waals surface area (Å²) in [6.07, 6.45) is -4.94. The molecule has 0 radical (unpaired) electrons. The van der Waals surface area contributed by atoms with Crippen LogP contribution in [0.3, 0.4) is 0 Å². The van der Waals surface area contributed by atoms with Crippen LogP contribution in [-0.4, -0.2) is 18.5 Å². The highest BCUT2D eigenvalue weighted by molar-refractivity contribution is 6.30. The molecule has 1 aromatic carbocycles. The van der Waals surface area contributed by atoms with Gasteiger partial charge in [-0.2, -0.15) is 22.0 Å². The topological polar surface area (TPSA) is 52.3 Å². The molecule has 0 heterocycles. The van der Waals surface area contributed by atoms with Crippen molar-refractivity contribution in [3.63, 3.8) is 0 Å². The number of halogens is 7. The van der Waals surface area contributed by atoms with E-state index < -0.39 is 35.2 Å². The van der Waals surface area contributed by atoms with Crippen LogP contribution in [0.5, 0.6) is 0 Å². The van der Waals surface area contributed by atoms with Gasteiger partial charge >= 0.3 is 18.1 Å². The highest BCUT2D eigenvalue weighted by Gasteiger charge is 2.50. The van der Waals surface area contributed by atoms with Crippen molar-refractivity contribution in [3.05, 3.63) is 34.3 Å². The number of hydrogen-bond donors (Lipinski definition) is 1. The highest BCUT2D eigenvalue weighted by atomic mass is 35.5. The van der Waals surface area contributed by atoms with Crippen LogP contribution in [0, 0.1) is 0 Å². The second kappa shape index (κ2) is 7.43. The molecular formula is C12H12Cl2F5NO2. The Labute approximate surface area is 134 Å². The van der Waals surface area contributed by atoms with E-state index in [2.05, 4.69) is 4.74 Å². The number of benzene rings is 1. The molecule has 22 heavy (non-hydrogen) atoms. The Morgan fingerprint density at radius 3 is 2.32 bits per heavy atom. The van der Waals surface area contributed by atoms with E-state index in [1.807, 2.05) is 0 Å². The van der Waals surface area contributed by atoms with Gasteiger partial charge in [0.2, 0.25) is 0 Å². The maximum atomic E-state index is 13.8. The number of carbonyl (C=O) groups is 1. The lowest BCUT2D eigenvalue weighted by Crippen LogP contribution is -2.42. The highest BCUT2D eigenvalue weighted by Crippen LogP contribution is 2.40. The molecule has 10 heteroatoms. The van der Waals surface area contributed by atoms with Crippen LogP contribution < -0.4 is 5.73 Å². The van der Waals surface area contributed by atoms with Crippen LogP contribution in [0.25, 0.3) is 0 Å². The zero-order chi connectivity index (χ0) is 16.4. The minimum absolute atomic E-state index is 0. The number of ether oxygens (including phenoxy) is 1. The quantitative estimate of drug-likeness (QED) is 0.646. The van der Waals surface area contributed by atoms with E-state index in [0.717, 1.165) is 6.07 Å². The van der Waals surface area contributed by atoms with Crippen molar-refractivity contribution in [3.8, 4) is 0 Å². The number of hydrogen-bond acceptors (Lipinski definition) is 3. The molecule has 0 saturated carbocycles. The zero-order valence-electron chi connectivity index (χ0n) is 11.1. The Morgan fingerprint density at radius 2 is 1.86 bits per heavy atom. The maximum absolute atomic E-state index is 13.8. The molecule has 0 aromatic heterocycles. The van der Waals surface area contributed by atoms with Gasteiger partial charge in [-0.3, -0.25) is 0 Å². The van der Waals surface area contributed by atoms with Crippen LogP contribution in [0.4, 0.5) is 22.0 Å². The summed E-state index contributed by atoms with van der Waals surface area (Å²) in [4.78, 5) is 11.1. The second-order valence-electron chi connectivity index (χ2n) is 4.05. The van der Waals surface area contributed by atoms with Gasteiger partial charge in [0.15, 0.2) is 0 Å². The molecule has 0 aliphatic carbocycles. The van der Waals surface area contributed by atoms with E-state index in [1.54, 1.807) is 0 Å². The van der Waals surface area contributed by atoms with Crippen LogP contribution in [0.2, 0.25) is 5.02 Å². The summed E-state index contributed by atoms with van der Waals surface area (Å²) in [5.74, 6) is -6.29. The van der Waals surface area contributed by atoms with Crippen molar-refractivity contribution in [1.82, 2.24) is 0 Å². The lowest BCUT2D eigenvalue weighted by atomic mass is 9.96. The molecule has 0 fully saturated rings. The smallest absolute Gasteiger partial charge is 0.416 e. The van der Waals surface area contributed by atoms with Crippen LogP contribution >= 0.6 is 24.0 Å². The molecule has 3 nitrogen and oxygen atoms in total. The van der Waals surface area contributed by atoms with Crippen molar-refractivity contribution in [2.75, 3.05) is 6.61 Å². The molecule has 1 atom stereocenters. The Hall–Kier alpha value is -1.12. The van der Waals surface area contributed by atoms with Crippen LogP contribution in [-0.2, 0) is 15.7 Å². The third-order valence-electron chi connectivity index (χ3n) is 2.59. The summed E-state index contributed by atoms with van der Waals surface area (Å²) in [7, 11) is 0. The van der Waals surface area contributed by atoms with Crippen molar-refractivity contribution < 1.29 is 31.5 Å². The molecule has 0 saturated heterocycles. The van der Waals surface area contributed by atoms with Gasteiger partial charge in [0.1, 0.15) is 6.04 Å². The van der Waals surface area contributed by atoms with E-state index >= 15 is 0 Å². The van der Waals surface area contributed by atoms with Gasteiger partial charge in [-0.05, 0) is 24.6 Å². The molecule has 2 N–H and O–H groups in total. The molecular weight excluding hydrogens is 356 g/mol. The molecule has 0 aliphatic rings. The summed E-state index contributed by atoms with van der Waals surface area (Å²) in [6.45, 7) is 0.927. The Kier molecular flexibility index (Phi) is 7.05. The van der Waals surface area contributed by atoms with E-state index in [-0.39, 0.29) is 24.0 Å². The maximum Gasteiger partial charge on any atom is 0.416 e. The molecule has 0 unspecified atom stereocenters.